The van der Waals surface area contributed by atoms with E-state index in [2.05, 4.69) is 9.97 Å². The van der Waals surface area contributed by atoms with Gasteiger partial charge in [0.15, 0.2) is 0 Å². The smallest absolute Gasteiger partial charge is 0.305 e. The van der Waals surface area contributed by atoms with Crippen molar-refractivity contribution in [3.63, 3.8) is 0 Å². The van der Waals surface area contributed by atoms with Gasteiger partial charge in [0.05, 0.1) is 36.3 Å². The molecule has 33 heavy (non-hydrogen) atoms. The van der Waals surface area contributed by atoms with Gasteiger partial charge in [-0.1, -0.05) is 26.0 Å². The molecule has 0 aliphatic rings. The fourth-order valence-electron chi connectivity index (χ4n) is 3.05. The Morgan fingerprint density at radius 2 is 1.79 bits per heavy atom. The first kappa shape index (κ1) is 26.4. The molecule has 11 heteroatoms. The lowest BCUT2D eigenvalue weighted by Crippen LogP contribution is -2.27. The van der Waals surface area contributed by atoms with Crippen LogP contribution >= 0.6 is 0 Å². The fourth-order valence-corrected chi connectivity index (χ4v) is 3.42. The first-order chi connectivity index (χ1) is 15.3. The average molecular weight is 482 g/mol. The predicted octanol–water partition coefficient (Wildman–Crippen LogP) is 2.40. The third-order valence-corrected chi connectivity index (χ3v) is 5.97. The number of hydrogen-bond acceptors (Lipinski definition) is 7. The number of rotatable bonds is 10. The molecule has 180 valence electrons. The highest BCUT2D eigenvalue weighted by atomic mass is 32.2. The summed E-state index contributed by atoms with van der Waals surface area (Å²) in [5.41, 5.74) is 1.80. The maximum Gasteiger partial charge on any atom is 0.305 e. The number of aliphatic carboxylic acids is 1. The molecule has 0 amide bonds. The summed E-state index contributed by atoms with van der Waals surface area (Å²) >= 11 is 0. The van der Waals surface area contributed by atoms with Crippen LogP contribution in [0.4, 0.5) is 10.3 Å². The van der Waals surface area contributed by atoms with Crippen LogP contribution in [0.2, 0.25) is 0 Å². The van der Waals surface area contributed by atoms with Crippen molar-refractivity contribution in [3.05, 3.63) is 47.4 Å². The SMILES string of the molecule is CC(C)c1nc(N(C)S(C)(=O)=O)nc(-c2ccc(F)cc2)c1/C=C\[C@H](O)C[C@@H](O)CC(=O)O. The van der Waals surface area contributed by atoms with Crippen LogP contribution in [0, 0.1) is 5.82 Å². The van der Waals surface area contributed by atoms with Gasteiger partial charge in [0.25, 0.3) is 0 Å². The van der Waals surface area contributed by atoms with E-state index >= 15 is 0 Å². The number of hydrogen-bond donors (Lipinski definition) is 3. The van der Waals surface area contributed by atoms with Gasteiger partial charge in [0.1, 0.15) is 5.82 Å². The second-order valence-corrected chi connectivity index (χ2v) is 9.99. The molecule has 0 saturated carbocycles. The first-order valence-corrected chi connectivity index (χ1v) is 12.0. The largest absolute Gasteiger partial charge is 0.481 e. The summed E-state index contributed by atoms with van der Waals surface area (Å²) in [6, 6.07) is 5.49. The molecule has 1 heterocycles. The molecular weight excluding hydrogens is 453 g/mol. The third kappa shape index (κ3) is 7.31. The number of carboxylic acids is 1. The van der Waals surface area contributed by atoms with E-state index in [9.17, 15) is 27.8 Å². The quantitative estimate of drug-likeness (QED) is 0.470. The van der Waals surface area contributed by atoms with Crippen LogP contribution < -0.4 is 4.31 Å². The minimum absolute atomic E-state index is 0.0601. The van der Waals surface area contributed by atoms with Crippen molar-refractivity contribution in [2.24, 2.45) is 0 Å². The highest BCUT2D eigenvalue weighted by molar-refractivity contribution is 7.92. The number of aliphatic hydroxyl groups is 2. The number of sulfonamides is 1. The van der Waals surface area contributed by atoms with Crippen LogP contribution in [0.1, 0.15) is 43.9 Å². The maximum absolute atomic E-state index is 13.5. The molecule has 2 atom stereocenters. The molecule has 0 aliphatic heterocycles. The standard InChI is InChI=1S/C22H28FN3O6S/c1-13(2)20-18(10-9-16(27)11-17(28)12-19(29)30)21(14-5-7-15(23)8-6-14)25-22(24-20)26(3)33(4,31)32/h5-10,13,16-17,27-28H,11-12H2,1-4H3,(H,29,30)/b10-9-/t16-,17+/m0/s1. The van der Waals surface area contributed by atoms with Crippen molar-refractivity contribution >= 4 is 28.0 Å². The Balaban J connectivity index is 2.61. The molecule has 0 aliphatic carbocycles. The number of aromatic nitrogens is 2. The van der Waals surface area contributed by atoms with E-state index in [-0.39, 0.29) is 18.3 Å². The second kappa shape index (κ2) is 10.8. The summed E-state index contributed by atoms with van der Waals surface area (Å²) < 4.78 is 38.6. The first-order valence-electron chi connectivity index (χ1n) is 10.2. The van der Waals surface area contributed by atoms with Gasteiger partial charge in [-0.15, -0.1) is 0 Å². The molecule has 0 radical (unpaired) electrons. The fraction of sp³-hybridized carbons (Fsp3) is 0.409. The van der Waals surface area contributed by atoms with Gasteiger partial charge in [-0.05, 0) is 30.2 Å². The van der Waals surface area contributed by atoms with Crippen molar-refractivity contribution in [1.29, 1.82) is 0 Å². The molecule has 2 aromatic rings. The molecule has 0 spiro atoms. The van der Waals surface area contributed by atoms with Gasteiger partial charge in [-0.25, -0.2) is 27.1 Å². The van der Waals surface area contributed by atoms with Gasteiger partial charge in [-0.3, -0.25) is 4.79 Å². The lowest BCUT2D eigenvalue weighted by atomic mass is 9.97. The molecule has 0 bridgehead atoms. The van der Waals surface area contributed by atoms with Crippen LogP contribution in [0.15, 0.2) is 30.3 Å². The van der Waals surface area contributed by atoms with Crippen molar-refractivity contribution in [2.45, 2.75) is 44.8 Å². The Labute approximate surface area is 192 Å². The maximum atomic E-state index is 13.5. The van der Waals surface area contributed by atoms with E-state index in [0.717, 1.165) is 10.6 Å². The number of halogens is 1. The Morgan fingerprint density at radius 1 is 1.18 bits per heavy atom. The van der Waals surface area contributed by atoms with Crippen molar-refractivity contribution in [2.75, 3.05) is 17.6 Å². The normalized spacial score (nSPS) is 13.9. The van der Waals surface area contributed by atoms with Gasteiger partial charge in [0.2, 0.25) is 16.0 Å². The topological polar surface area (TPSA) is 141 Å². The lowest BCUT2D eigenvalue weighted by Gasteiger charge is -2.20. The van der Waals surface area contributed by atoms with Gasteiger partial charge >= 0.3 is 5.97 Å². The molecule has 9 nitrogen and oxygen atoms in total. The minimum Gasteiger partial charge on any atom is -0.481 e. The Bertz CT molecular complexity index is 1120. The monoisotopic (exact) mass is 481 g/mol. The zero-order chi connectivity index (χ0) is 24.9. The number of carboxylic acid groups (broad SMARTS) is 1. The molecule has 2 rings (SSSR count). The van der Waals surface area contributed by atoms with Gasteiger partial charge < -0.3 is 15.3 Å². The molecule has 1 aromatic carbocycles. The highest BCUT2D eigenvalue weighted by Gasteiger charge is 2.22. The van der Waals surface area contributed by atoms with E-state index < -0.39 is 40.4 Å². The molecule has 3 N–H and O–H groups in total. The summed E-state index contributed by atoms with van der Waals surface area (Å²) in [6.45, 7) is 3.71. The van der Waals surface area contributed by atoms with Crippen LogP contribution in [0.3, 0.4) is 0 Å². The summed E-state index contributed by atoms with van der Waals surface area (Å²) in [5, 5.41) is 28.8. The zero-order valence-electron chi connectivity index (χ0n) is 18.8. The zero-order valence-corrected chi connectivity index (χ0v) is 19.6. The minimum atomic E-state index is -3.65. The average Bonchev–Trinajstić information content (AvgIpc) is 2.70. The van der Waals surface area contributed by atoms with E-state index in [0.29, 0.717) is 22.5 Å². The van der Waals surface area contributed by atoms with E-state index in [4.69, 9.17) is 5.11 Å². The van der Waals surface area contributed by atoms with Gasteiger partial charge in [0, 0.05) is 24.6 Å². The molecule has 1 aromatic heterocycles. The summed E-state index contributed by atoms with van der Waals surface area (Å²) in [7, 11) is -2.33. The number of nitrogens with zero attached hydrogens (tertiary/aromatic N) is 3. The summed E-state index contributed by atoms with van der Waals surface area (Å²) in [4.78, 5) is 19.6. The molecule has 0 unspecified atom stereocenters. The summed E-state index contributed by atoms with van der Waals surface area (Å²) in [6.07, 6.45) is 0.860. The van der Waals surface area contributed by atoms with Crippen molar-refractivity contribution < 1.29 is 32.9 Å². The number of carbonyl (C=O) groups is 1. The predicted molar refractivity (Wildman–Crippen MR) is 123 cm³/mol. The van der Waals surface area contributed by atoms with Crippen LogP contribution in [-0.4, -0.2) is 65.2 Å². The summed E-state index contributed by atoms with van der Waals surface area (Å²) in [5.74, 6) is -1.87. The highest BCUT2D eigenvalue weighted by Crippen LogP contribution is 2.31. The Kier molecular flexibility index (Phi) is 8.64. The lowest BCUT2D eigenvalue weighted by molar-refractivity contribution is -0.139. The van der Waals surface area contributed by atoms with Crippen LogP contribution in [0.25, 0.3) is 17.3 Å². The Hall–Kier alpha value is -2.89. The molecule has 0 fully saturated rings. The number of anilines is 1. The number of benzene rings is 1. The van der Waals surface area contributed by atoms with Crippen LogP contribution in [-0.2, 0) is 14.8 Å². The van der Waals surface area contributed by atoms with E-state index in [1.807, 2.05) is 13.8 Å². The third-order valence-electron chi connectivity index (χ3n) is 4.82. The molecular formula is C22H28FN3O6S. The van der Waals surface area contributed by atoms with Crippen molar-refractivity contribution in [3.8, 4) is 11.3 Å². The number of aliphatic hydroxyl groups excluding tert-OH is 2. The van der Waals surface area contributed by atoms with E-state index in [1.165, 1.54) is 43.5 Å². The van der Waals surface area contributed by atoms with Crippen molar-refractivity contribution in [1.82, 2.24) is 9.97 Å². The van der Waals surface area contributed by atoms with Crippen LogP contribution in [0.5, 0.6) is 0 Å². The Morgan fingerprint density at radius 3 is 2.30 bits per heavy atom. The molecule has 0 saturated heterocycles. The second-order valence-electron chi connectivity index (χ2n) is 7.98. The van der Waals surface area contributed by atoms with Gasteiger partial charge in [-0.2, -0.15) is 0 Å². The van der Waals surface area contributed by atoms with E-state index in [1.54, 1.807) is 0 Å².